The number of carbonyl (C=O) groups excluding carboxylic acids is 1. The Hall–Kier alpha value is -1.71. The zero-order valence-electron chi connectivity index (χ0n) is 12.9. The molecule has 1 atom stereocenters. The molecule has 1 unspecified atom stereocenters. The lowest BCUT2D eigenvalue weighted by molar-refractivity contribution is 0.102. The van der Waals surface area contributed by atoms with Gasteiger partial charge in [0.1, 0.15) is 5.82 Å². The van der Waals surface area contributed by atoms with Gasteiger partial charge in [-0.25, -0.2) is 18.2 Å². The third-order valence-corrected chi connectivity index (χ3v) is 5.72. The van der Waals surface area contributed by atoms with Crippen molar-refractivity contribution in [2.45, 2.75) is 30.7 Å². The number of nitrogens with two attached hydrogens (primary N) is 1. The molecular formula is C15H17BrN4O3S. The quantitative estimate of drug-likeness (QED) is 0.786. The molecule has 1 amide bonds. The first kappa shape index (κ1) is 17.1. The molecule has 0 spiro atoms. The number of hydrogen-bond donors (Lipinski definition) is 2. The van der Waals surface area contributed by atoms with Gasteiger partial charge < -0.3 is 5.32 Å². The van der Waals surface area contributed by atoms with Crippen molar-refractivity contribution in [1.82, 2.24) is 9.78 Å². The van der Waals surface area contributed by atoms with Gasteiger partial charge in [-0.2, -0.15) is 5.10 Å². The Morgan fingerprint density at radius 3 is 2.75 bits per heavy atom. The fourth-order valence-electron chi connectivity index (χ4n) is 2.56. The maximum atomic E-state index is 12.6. The van der Waals surface area contributed by atoms with Crippen molar-refractivity contribution in [2.75, 3.05) is 5.32 Å². The number of benzene rings is 1. The molecular weight excluding hydrogens is 396 g/mol. The lowest BCUT2D eigenvalue weighted by atomic mass is 10.2. The van der Waals surface area contributed by atoms with E-state index in [1.165, 1.54) is 18.2 Å². The highest BCUT2D eigenvalue weighted by molar-refractivity contribution is 9.10. The monoisotopic (exact) mass is 412 g/mol. The minimum absolute atomic E-state index is 0.115. The van der Waals surface area contributed by atoms with Gasteiger partial charge in [0.25, 0.3) is 5.91 Å². The third kappa shape index (κ3) is 3.52. The highest BCUT2D eigenvalue weighted by Crippen LogP contribution is 2.40. The summed E-state index contributed by atoms with van der Waals surface area (Å²) in [7, 11) is -3.88. The van der Waals surface area contributed by atoms with Gasteiger partial charge in [0.05, 0.1) is 22.7 Å². The van der Waals surface area contributed by atoms with Crippen molar-refractivity contribution in [2.24, 2.45) is 11.1 Å². The molecule has 0 aliphatic heterocycles. The fourth-order valence-corrected chi connectivity index (χ4v) is 3.52. The molecule has 1 aliphatic rings. The SMILES string of the molecule is CC(C1CC1)n1nccc1NC(=O)c1cc(S(N)(=O)=O)ccc1Br. The van der Waals surface area contributed by atoms with Gasteiger partial charge in [-0.3, -0.25) is 4.79 Å². The Balaban J connectivity index is 1.87. The van der Waals surface area contributed by atoms with Gasteiger partial charge in [0.15, 0.2) is 0 Å². The van der Waals surface area contributed by atoms with Gasteiger partial charge >= 0.3 is 0 Å². The topological polar surface area (TPSA) is 107 Å². The summed E-state index contributed by atoms with van der Waals surface area (Å²) in [5, 5.41) is 12.2. The van der Waals surface area contributed by atoms with E-state index in [9.17, 15) is 13.2 Å². The zero-order chi connectivity index (χ0) is 17.5. The molecule has 1 aromatic carbocycles. The predicted molar refractivity (Wildman–Crippen MR) is 93.1 cm³/mol. The molecule has 1 heterocycles. The third-order valence-electron chi connectivity index (χ3n) is 4.11. The van der Waals surface area contributed by atoms with Gasteiger partial charge in [-0.15, -0.1) is 0 Å². The highest BCUT2D eigenvalue weighted by Gasteiger charge is 2.31. The minimum Gasteiger partial charge on any atom is -0.307 e. The number of sulfonamides is 1. The van der Waals surface area contributed by atoms with Crippen LogP contribution in [0.15, 0.2) is 39.8 Å². The number of rotatable bonds is 5. The number of primary sulfonamides is 1. The second-order valence-electron chi connectivity index (χ2n) is 5.88. The van der Waals surface area contributed by atoms with Crippen LogP contribution in [0.25, 0.3) is 0 Å². The number of amides is 1. The molecule has 24 heavy (non-hydrogen) atoms. The van der Waals surface area contributed by atoms with E-state index >= 15 is 0 Å². The van der Waals surface area contributed by atoms with Gasteiger partial charge in [0, 0.05) is 10.5 Å². The van der Waals surface area contributed by atoms with E-state index in [0.717, 1.165) is 12.8 Å². The van der Waals surface area contributed by atoms with Crippen molar-refractivity contribution >= 4 is 37.7 Å². The Bertz CT molecular complexity index is 890. The molecule has 7 nitrogen and oxygen atoms in total. The first-order valence-corrected chi connectivity index (χ1v) is 9.78. The van der Waals surface area contributed by atoms with Crippen LogP contribution in [-0.4, -0.2) is 24.1 Å². The number of nitrogens with zero attached hydrogens (tertiary/aromatic N) is 2. The average Bonchev–Trinajstić information content (AvgIpc) is 3.26. The van der Waals surface area contributed by atoms with Crippen LogP contribution in [-0.2, 0) is 10.0 Å². The van der Waals surface area contributed by atoms with Crippen LogP contribution in [0.4, 0.5) is 5.82 Å². The van der Waals surface area contributed by atoms with Crippen LogP contribution in [0.1, 0.15) is 36.2 Å². The van der Waals surface area contributed by atoms with Gasteiger partial charge in [-0.1, -0.05) is 0 Å². The standard InChI is InChI=1S/C15H17BrN4O3S/c1-9(10-2-3-10)20-14(6-7-18-20)19-15(21)12-8-11(24(17,22)23)4-5-13(12)16/h4-10H,2-3H2,1H3,(H,19,21)(H2,17,22,23). The molecule has 1 aliphatic carbocycles. The van der Waals surface area contributed by atoms with E-state index in [4.69, 9.17) is 5.14 Å². The van der Waals surface area contributed by atoms with E-state index in [0.29, 0.717) is 16.2 Å². The highest BCUT2D eigenvalue weighted by atomic mass is 79.9. The molecule has 1 aromatic heterocycles. The molecule has 128 valence electrons. The van der Waals surface area contributed by atoms with Crippen molar-refractivity contribution in [3.63, 3.8) is 0 Å². The van der Waals surface area contributed by atoms with E-state index < -0.39 is 15.9 Å². The number of halogens is 1. The average molecular weight is 413 g/mol. The summed E-state index contributed by atoms with van der Waals surface area (Å²) in [6, 6.07) is 6.00. The molecule has 3 rings (SSSR count). The summed E-state index contributed by atoms with van der Waals surface area (Å²) >= 11 is 3.26. The summed E-state index contributed by atoms with van der Waals surface area (Å²) in [4.78, 5) is 12.4. The summed E-state index contributed by atoms with van der Waals surface area (Å²) in [6.45, 7) is 2.07. The minimum atomic E-state index is -3.88. The molecule has 0 saturated heterocycles. The fraction of sp³-hybridized carbons (Fsp3) is 0.333. The van der Waals surface area contributed by atoms with Gasteiger partial charge in [-0.05, 0) is 59.8 Å². The van der Waals surface area contributed by atoms with Crippen LogP contribution in [0.3, 0.4) is 0 Å². The van der Waals surface area contributed by atoms with Crippen molar-refractivity contribution < 1.29 is 13.2 Å². The summed E-state index contributed by atoms with van der Waals surface area (Å²) < 4.78 is 25.2. The van der Waals surface area contributed by atoms with Crippen molar-refractivity contribution in [3.8, 4) is 0 Å². The van der Waals surface area contributed by atoms with Crippen LogP contribution in [0, 0.1) is 5.92 Å². The maximum Gasteiger partial charge on any atom is 0.257 e. The molecule has 0 radical (unpaired) electrons. The first-order valence-electron chi connectivity index (χ1n) is 7.44. The van der Waals surface area contributed by atoms with Crippen LogP contribution in [0.5, 0.6) is 0 Å². The summed E-state index contributed by atoms with van der Waals surface area (Å²) in [5.41, 5.74) is 0.188. The molecule has 9 heteroatoms. The number of hydrogen-bond acceptors (Lipinski definition) is 4. The first-order chi connectivity index (χ1) is 11.3. The number of nitrogens with one attached hydrogen (secondary N) is 1. The van der Waals surface area contributed by atoms with E-state index in [1.807, 2.05) is 0 Å². The van der Waals surface area contributed by atoms with Gasteiger partial charge in [0.2, 0.25) is 10.0 Å². The number of anilines is 1. The number of carbonyl (C=O) groups is 1. The van der Waals surface area contributed by atoms with E-state index in [2.05, 4.69) is 33.3 Å². The van der Waals surface area contributed by atoms with Crippen molar-refractivity contribution in [1.29, 1.82) is 0 Å². The Morgan fingerprint density at radius 1 is 1.42 bits per heavy atom. The zero-order valence-corrected chi connectivity index (χ0v) is 15.3. The lowest BCUT2D eigenvalue weighted by Gasteiger charge is -2.15. The molecule has 1 saturated carbocycles. The predicted octanol–water partition coefficient (Wildman–Crippen LogP) is 2.52. The number of aromatic nitrogens is 2. The summed E-state index contributed by atoms with van der Waals surface area (Å²) in [6.07, 6.45) is 3.96. The lowest BCUT2D eigenvalue weighted by Crippen LogP contribution is -2.19. The Morgan fingerprint density at radius 2 is 2.12 bits per heavy atom. The molecule has 0 bridgehead atoms. The molecule has 3 N–H and O–H groups in total. The Labute approximate surface area is 148 Å². The second kappa shape index (κ2) is 6.30. The van der Waals surface area contributed by atoms with Crippen molar-refractivity contribution in [3.05, 3.63) is 40.5 Å². The van der Waals surface area contributed by atoms with E-state index in [-0.39, 0.29) is 16.5 Å². The summed E-state index contributed by atoms with van der Waals surface area (Å²) in [5.74, 6) is 0.724. The molecule has 2 aromatic rings. The smallest absolute Gasteiger partial charge is 0.257 e. The van der Waals surface area contributed by atoms with Crippen LogP contribution < -0.4 is 10.5 Å². The Kier molecular flexibility index (Phi) is 4.50. The second-order valence-corrected chi connectivity index (χ2v) is 8.30. The molecule has 1 fully saturated rings. The van der Waals surface area contributed by atoms with Crippen LogP contribution in [0.2, 0.25) is 0 Å². The maximum absolute atomic E-state index is 12.6. The normalized spacial score (nSPS) is 16.0. The van der Waals surface area contributed by atoms with Crippen LogP contribution >= 0.6 is 15.9 Å². The van der Waals surface area contributed by atoms with E-state index in [1.54, 1.807) is 16.9 Å². The largest absolute Gasteiger partial charge is 0.307 e.